The van der Waals surface area contributed by atoms with Crippen LogP contribution in [0.2, 0.25) is 0 Å². The molecule has 0 radical (unpaired) electrons. The molecule has 10 heteroatoms. The van der Waals surface area contributed by atoms with E-state index in [1.54, 1.807) is 43.1 Å². The topological polar surface area (TPSA) is 101 Å². The van der Waals surface area contributed by atoms with Crippen molar-refractivity contribution in [3.05, 3.63) is 65.6 Å². The van der Waals surface area contributed by atoms with Gasteiger partial charge in [0.05, 0.1) is 17.9 Å². The van der Waals surface area contributed by atoms with Crippen molar-refractivity contribution >= 4 is 21.7 Å². The lowest BCUT2D eigenvalue weighted by Gasteiger charge is -2.21. The number of nitrogens with one attached hydrogen (secondary N) is 1. The molecule has 0 aliphatic carbocycles. The first-order valence-corrected chi connectivity index (χ1v) is 13.1. The maximum Gasteiger partial charge on any atom is 0.281 e. The second-order valence-electron chi connectivity index (χ2n) is 8.92. The Hall–Kier alpha value is -3.53. The molecule has 1 aromatic carbocycles. The monoisotopic (exact) mass is 514 g/mol. The van der Waals surface area contributed by atoms with Crippen LogP contribution in [0, 0.1) is 18.7 Å². The van der Waals surface area contributed by atoms with Gasteiger partial charge in [0.25, 0.3) is 15.9 Å². The number of anilines is 1. The van der Waals surface area contributed by atoms with E-state index in [9.17, 15) is 17.6 Å². The van der Waals surface area contributed by atoms with Gasteiger partial charge in [0, 0.05) is 30.9 Å². The molecular formula is C26H31FN4O4S. The van der Waals surface area contributed by atoms with Gasteiger partial charge in [-0.3, -0.25) is 4.79 Å². The average Bonchev–Trinajstić information content (AvgIpc) is 2.82. The third kappa shape index (κ3) is 6.78. The highest BCUT2D eigenvalue weighted by Crippen LogP contribution is 2.28. The number of rotatable bonds is 10. The third-order valence-corrected chi connectivity index (χ3v) is 6.39. The standard InChI is InChI=1S/C26H31FN4O4S/c1-6-12-31(5)25-22(26(32)30-36(33,34)24-9-7-8-18(4)28-24)10-11-23(29-25)19-13-20(27)15-21(14-19)35-16-17(2)3/h7-11,13-15,17H,6,12,16H2,1-5H3,(H,30,32). The molecule has 3 aromatic rings. The third-order valence-electron chi connectivity index (χ3n) is 5.16. The van der Waals surface area contributed by atoms with Gasteiger partial charge < -0.3 is 9.64 Å². The Kier molecular flexibility index (Phi) is 8.62. The molecule has 2 heterocycles. The molecule has 0 bridgehead atoms. The Morgan fingerprint density at radius 3 is 2.56 bits per heavy atom. The van der Waals surface area contributed by atoms with Gasteiger partial charge in [-0.1, -0.05) is 26.8 Å². The summed E-state index contributed by atoms with van der Waals surface area (Å²) in [7, 11) is -2.44. The van der Waals surface area contributed by atoms with E-state index >= 15 is 0 Å². The predicted octanol–water partition coefficient (Wildman–Crippen LogP) is 4.59. The van der Waals surface area contributed by atoms with Gasteiger partial charge in [-0.25, -0.2) is 19.1 Å². The number of ether oxygens (including phenoxy) is 1. The number of amides is 1. The van der Waals surface area contributed by atoms with Crippen LogP contribution in [-0.2, 0) is 10.0 Å². The minimum absolute atomic E-state index is 0.0682. The smallest absolute Gasteiger partial charge is 0.281 e. The molecule has 0 atom stereocenters. The summed E-state index contributed by atoms with van der Waals surface area (Å²) >= 11 is 0. The van der Waals surface area contributed by atoms with E-state index in [-0.39, 0.29) is 22.3 Å². The zero-order chi connectivity index (χ0) is 26.5. The maximum atomic E-state index is 14.3. The number of nitrogens with zero attached hydrogens (tertiary/aromatic N) is 3. The van der Waals surface area contributed by atoms with Crippen molar-refractivity contribution in [3.8, 4) is 17.0 Å². The van der Waals surface area contributed by atoms with E-state index < -0.39 is 21.7 Å². The van der Waals surface area contributed by atoms with E-state index in [4.69, 9.17) is 4.74 Å². The molecule has 0 unspecified atom stereocenters. The van der Waals surface area contributed by atoms with Crippen LogP contribution >= 0.6 is 0 Å². The summed E-state index contributed by atoms with van der Waals surface area (Å²) in [5, 5.41) is -0.252. The number of sulfonamides is 1. The Labute approximate surface area is 211 Å². The molecule has 1 N–H and O–H groups in total. The van der Waals surface area contributed by atoms with Crippen molar-refractivity contribution in [3.63, 3.8) is 0 Å². The van der Waals surface area contributed by atoms with Crippen LogP contribution in [0.5, 0.6) is 5.75 Å². The number of halogens is 1. The molecule has 0 saturated carbocycles. The van der Waals surface area contributed by atoms with E-state index in [1.807, 2.05) is 20.8 Å². The Morgan fingerprint density at radius 2 is 1.89 bits per heavy atom. The molecule has 36 heavy (non-hydrogen) atoms. The summed E-state index contributed by atoms with van der Waals surface area (Å²) in [6, 6.07) is 11.9. The molecule has 3 rings (SSSR count). The summed E-state index contributed by atoms with van der Waals surface area (Å²) in [5.41, 5.74) is 1.47. The van der Waals surface area contributed by atoms with Crippen LogP contribution in [0.4, 0.5) is 10.2 Å². The number of hydrogen-bond acceptors (Lipinski definition) is 7. The Balaban J connectivity index is 1.99. The lowest BCUT2D eigenvalue weighted by molar-refractivity contribution is 0.0981. The largest absolute Gasteiger partial charge is 0.493 e. The number of pyridine rings is 2. The van der Waals surface area contributed by atoms with Crippen LogP contribution in [0.3, 0.4) is 0 Å². The van der Waals surface area contributed by atoms with Crippen LogP contribution < -0.4 is 14.4 Å². The minimum Gasteiger partial charge on any atom is -0.493 e. The number of hydrogen-bond donors (Lipinski definition) is 1. The number of carbonyl (C=O) groups is 1. The first-order valence-electron chi connectivity index (χ1n) is 11.7. The highest BCUT2D eigenvalue weighted by molar-refractivity contribution is 7.90. The van der Waals surface area contributed by atoms with Gasteiger partial charge in [0.15, 0.2) is 5.03 Å². The van der Waals surface area contributed by atoms with Gasteiger partial charge in [-0.05, 0) is 55.7 Å². The summed E-state index contributed by atoms with van der Waals surface area (Å²) in [4.78, 5) is 23.5. The molecule has 192 valence electrons. The predicted molar refractivity (Wildman–Crippen MR) is 137 cm³/mol. The molecule has 8 nitrogen and oxygen atoms in total. The van der Waals surface area contributed by atoms with Crippen molar-refractivity contribution in [2.24, 2.45) is 5.92 Å². The molecule has 0 aliphatic rings. The zero-order valence-electron chi connectivity index (χ0n) is 21.1. The quantitative estimate of drug-likeness (QED) is 0.422. The Bertz CT molecular complexity index is 1350. The van der Waals surface area contributed by atoms with Gasteiger partial charge in [0.2, 0.25) is 0 Å². The van der Waals surface area contributed by atoms with Crippen molar-refractivity contribution in [1.29, 1.82) is 0 Å². The number of benzene rings is 1. The summed E-state index contributed by atoms with van der Waals surface area (Å²) in [6.07, 6.45) is 0.766. The number of aromatic nitrogens is 2. The molecule has 0 spiro atoms. The first kappa shape index (κ1) is 27.1. The van der Waals surface area contributed by atoms with Gasteiger partial charge in [0.1, 0.15) is 17.4 Å². The van der Waals surface area contributed by atoms with Crippen LogP contribution in [-0.4, -0.2) is 44.5 Å². The summed E-state index contributed by atoms with van der Waals surface area (Å²) < 4.78 is 47.6. The highest BCUT2D eigenvalue weighted by Gasteiger charge is 2.24. The van der Waals surface area contributed by atoms with Gasteiger partial charge >= 0.3 is 0 Å². The molecule has 0 saturated heterocycles. The van der Waals surface area contributed by atoms with Crippen molar-refractivity contribution in [1.82, 2.24) is 14.7 Å². The van der Waals surface area contributed by atoms with Gasteiger partial charge in [-0.15, -0.1) is 0 Å². The second kappa shape index (κ2) is 11.5. The van der Waals surface area contributed by atoms with Crippen LogP contribution in [0.1, 0.15) is 43.2 Å². The SMILES string of the molecule is CCCN(C)c1nc(-c2cc(F)cc(OCC(C)C)c2)ccc1C(=O)NS(=O)(=O)c1cccc(C)n1. The van der Waals surface area contributed by atoms with Gasteiger partial charge in [-0.2, -0.15) is 8.42 Å². The van der Waals surface area contributed by atoms with E-state index in [1.165, 1.54) is 24.3 Å². The fourth-order valence-electron chi connectivity index (χ4n) is 3.47. The molecule has 0 fully saturated rings. The summed E-state index contributed by atoms with van der Waals surface area (Å²) in [5.74, 6) is -0.394. The molecule has 0 aliphatic heterocycles. The average molecular weight is 515 g/mol. The minimum atomic E-state index is -4.19. The van der Waals surface area contributed by atoms with E-state index in [0.29, 0.717) is 35.9 Å². The fourth-order valence-corrected chi connectivity index (χ4v) is 4.45. The van der Waals surface area contributed by atoms with Crippen molar-refractivity contribution in [2.45, 2.75) is 39.1 Å². The lowest BCUT2D eigenvalue weighted by Crippen LogP contribution is -2.33. The first-order chi connectivity index (χ1) is 17.0. The second-order valence-corrected chi connectivity index (χ2v) is 10.6. The molecule has 2 aromatic heterocycles. The zero-order valence-corrected chi connectivity index (χ0v) is 21.9. The van der Waals surface area contributed by atoms with Crippen LogP contribution in [0.25, 0.3) is 11.3 Å². The van der Waals surface area contributed by atoms with E-state index in [0.717, 1.165) is 6.42 Å². The van der Waals surface area contributed by atoms with Crippen molar-refractivity contribution < 1.29 is 22.3 Å². The maximum absolute atomic E-state index is 14.3. The Morgan fingerprint density at radius 1 is 1.14 bits per heavy atom. The van der Waals surface area contributed by atoms with Crippen LogP contribution in [0.15, 0.2) is 53.6 Å². The number of carbonyl (C=O) groups excluding carboxylic acids is 1. The van der Waals surface area contributed by atoms with Crippen molar-refractivity contribution in [2.75, 3.05) is 25.1 Å². The molecular weight excluding hydrogens is 483 g/mol. The van der Waals surface area contributed by atoms with E-state index in [2.05, 4.69) is 14.7 Å². The highest BCUT2D eigenvalue weighted by atomic mass is 32.2. The fraction of sp³-hybridized carbons (Fsp3) is 0.346. The lowest BCUT2D eigenvalue weighted by atomic mass is 10.1. The number of aryl methyl sites for hydroxylation is 1. The molecule has 1 amide bonds. The summed E-state index contributed by atoms with van der Waals surface area (Å²) in [6.45, 7) is 8.62. The normalized spacial score (nSPS) is 11.4.